The van der Waals surface area contributed by atoms with Crippen molar-refractivity contribution in [3.8, 4) is 0 Å². The van der Waals surface area contributed by atoms with Crippen LogP contribution in [0.2, 0.25) is 10.0 Å². The van der Waals surface area contributed by atoms with E-state index >= 15 is 0 Å². The van der Waals surface area contributed by atoms with Crippen LogP contribution in [0.3, 0.4) is 0 Å². The number of likely N-dealkylation sites (tertiary alicyclic amines) is 1. The van der Waals surface area contributed by atoms with Crippen molar-refractivity contribution >= 4 is 58.8 Å². The molecule has 0 saturated carbocycles. The van der Waals surface area contributed by atoms with E-state index in [9.17, 15) is 22.8 Å². The number of fused-ring (bicyclic) bond motifs is 1. The number of aromatic nitrogens is 2. The first-order valence-corrected chi connectivity index (χ1v) is 12.1. The van der Waals surface area contributed by atoms with Crippen LogP contribution in [0.5, 0.6) is 0 Å². The molecule has 3 aromatic rings. The summed E-state index contributed by atoms with van der Waals surface area (Å²) < 4.78 is 48.3. The fourth-order valence-electron chi connectivity index (χ4n) is 4.29. The Balaban J connectivity index is 0.00000380. The number of esters is 1. The Hall–Kier alpha value is -2.53. The van der Waals surface area contributed by atoms with Crippen molar-refractivity contribution in [2.75, 3.05) is 25.0 Å². The smallest absolute Gasteiger partial charge is 0.435 e. The molecule has 0 spiro atoms. The van der Waals surface area contributed by atoms with Gasteiger partial charge < -0.3 is 14.5 Å². The largest absolute Gasteiger partial charge is 0.466 e. The lowest BCUT2D eigenvalue weighted by molar-refractivity contribution is -0.149. The van der Waals surface area contributed by atoms with Gasteiger partial charge in [-0.2, -0.15) is 13.2 Å². The van der Waals surface area contributed by atoms with Gasteiger partial charge in [-0.3, -0.25) is 14.5 Å². The molecule has 1 N–H and O–H groups in total. The van der Waals surface area contributed by atoms with Crippen molar-refractivity contribution in [3.63, 3.8) is 0 Å². The van der Waals surface area contributed by atoms with Crippen molar-refractivity contribution < 1.29 is 27.5 Å². The minimum absolute atomic E-state index is 0. The summed E-state index contributed by atoms with van der Waals surface area (Å²) in [6.45, 7) is 2.87. The summed E-state index contributed by atoms with van der Waals surface area (Å²) in [6.07, 6.45) is -2.25. The molecule has 1 aromatic carbocycles. The van der Waals surface area contributed by atoms with Gasteiger partial charge in [0.05, 0.1) is 39.5 Å². The van der Waals surface area contributed by atoms with E-state index in [-0.39, 0.29) is 70.1 Å². The molecule has 2 aromatic heterocycles. The van der Waals surface area contributed by atoms with E-state index < -0.39 is 17.8 Å². The average Bonchev–Trinajstić information content (AvgIpc) is 3.19. The highest BCUT2D eigenvalue weighted by atomic mass is 35.5. The summed E-state index contributed by atoms with van der Waals surface area (Å²) in [4.78, 5) is 30.6. The number of nitrogens with one attached hydrogen (secondary N) is 1. The third kappa shape index (κ3) is 6.31. The number of benzene rings is 1. The molecule has 0 bridgehead atoms. The zero-order valence-corrected chi connectivity index (χ0v) is 22.0. The van der Waals surface area contributed by atoms with Crippen LogP contribution in [0, 0.1) is 5.92 Å². The number of hydrogen-bond donors (Lipinski definition) is 1. The standard InChI is InChI=1S/C24H23Cl2F3N4O3.ClH/c1-2-36-23(35)14-8-11-32(12-9-14)13-18-20(24(27,28)29)31-21-17(7-4-10-33(18)21)30-22(34)19-15(25)5-3-6-16(19)26;/h3-7,10,14H,2,8-9,11-13H2,1H3,(H,30,34);1H. The maximum Gasteiger partial charge on any atom is 0.435 e. The molecule has 0 unspecified atom stereocenters. The molecule has 7 nitrogen and oxygen atoms in total. The second-order valence-electron chi connectivity index (χ2n) is 8.37. The Kier molecular flexibility index (Phi) is 9.33. The number of anilines is 1. The summed E-state index contributed by atoms with van der Waals surface area (Å²) in [5, 5.41) is 2.80. The number of carbonyl (C=O) groups is 2. The van der Waals surface area contributed by atoms with Gasteiger partial charge in [-0.25, -0.2) is 4.98 Å². The van der Waals surface area contributed by atoms with E-state index in [1.54, 1.807) is 13.0 Å². The summed E-state index contributed by atoms with van der Waals surface area (Å²) in [5.74, 6) is -1.20. The zero-order valence-electron chi connectivity index (χ0n) is 19.6. The molecular formula is C24H24Cl3F3N4O3. The van der Waals surface area contributed by atoms with Crippen LogP contribution >= 0.6 is 35.6 Å². The lowest BCUT2D eigenvalue weighted by Gasteiger charge is -2.30. The Labute approximate surface area is 227 Å². The Bertz CT molecular complexity index is 1270. The van der Waals surface area contributed by atoms with E-state index in [0.29, 0.717) is 25.9 Å². The Morgan fingerprint density at radius 3 is 2.38 bits per heavy atom. The molecule has 4 rings (SSSR count). The van der Waals surface area contributed by atoms with Crippen LogP contribution in [0.25, 0.3) is 5.65 Å². The predicted octanol–water partition coefficient (Wildman–Crippen LogP) is 6.11. The maximum atomic E-state index is 14.0. The summed E-state index contributed by atoms with van der Waals surface area (Å²) >= 11 is 12.2. The number of piperidine rings is 1. The number of halogens is 6. The van der Waals surface area contributed by atoms with Gasteiger partial charge in [0, 0.05) is 12.7 Å². The number of carbonyl (C=O) groups excluding carboxylic acids is 2. The molecule has 3 heterocycles. The molecule has 1 amide bonds. The van der Waals surface area contributed by atoms with Crippen molar-refractivity contribution in [2.45, 2.75) is 32.5 Å². The molecule has 1 aliphatic rings. The number of nitrogens with zero attached hydrogens (tertiary/aromatic N) is 3. The lowest BCUT2D eigenvalue weighted by atomic mass is 9.97. The summed E-state index contributed by atoms with van der Waals surface area (Å²) in [7, 11) is 0. The van der Waals surface area contributed by atoms with Gasteiger partial charge in [0.1, 0.15) is 0 Å². The first kappa shape index (κ1) is 29.0. The first-order valence-electron chi connectivity index (χ1n) is 11.3. The van der Waals surface area contributed by atoms with Crippen LogP contribution in [0.4, 0.5) is 18.9 Å². The molecule has 0 atom stereocenters. The monoisotopic (exact) mass is 578 g/mol. The molecule has 0 radical (unpaired) electrons. The highest BCUT2D eigenvalue weighted by molar-refractivity contribution is 6.40. The maximum absolute atomic E-state index is 14.0. The van der Waals surface area contributed by atoms with E-state index in [1.165, 1.54) is 34.9 Å². The quantitative estimate of drug-likeness (QED) is 0.357. The van der Waals surface area contributed by atoms with Gasteiger partial charge in [0.15, 0.2) is 11.3 Å². The Morgan fingerprint density at radius 1 is 1.14 bits per heavy atom. The van der Waals surface area contributed by atoms with Crippen LogP contribution < -0.4 is 5.32 Å². The molecule has 0 aliphatic carbocycles. The van der Waals surface area contributed by atoms with Crippen molar-refractivity contribution in [1.29, 1.82) is 0 Å². The number of imidazole rings is 1. The fraction of sp³-hybridized carbons (Fsp3) is 0.375. The topological polar surface area (TPSA) is 75.9 Å². The van der Waals surface area contributed by atoms with Crippen LogP contribution in [-0.2, 0) is 22.3 Å². The lowest BCUT2D eigenvalue weighted by Crippen LogP contribution is -2.37. The van der Waals surface area contributed by atoms with E-state index in [4.69, 9.17) is 27.9 Å². The van der Waals surface area contributed by atoms with Gasteiger partial charge in [0.25, 0.3) is 5.91 Å². The van der Waals surface area contributed by atoms with Gasteiger partial charge in [-0.15, -0.1) is 12.4 Å². The third-order valence-corrected chi connectivity index (χ3v) is 6.67. The molecule has 37 heavy (non-hydrogen) atoms. The number of rotatable bonds is 6. The third-order valence-electron chi connectivity index (χ3n) is 6.04. The second-order valence-corrected chi connectivity index (χ2v) is 9.19. The molecule has 1 fully saturated rings. The summed E-state index contributed by atoms with van der Waals surface area (Å²) in [5.41, 5.74) is -1.06. The van der Waals surface area contributed by atoms with Gasteiger partial charge >= 0.3 is 12.1 Å². The first-order chi connectivity index (χ1) is 17.1. The minimum Gasteiger partial charge on any atom is -0.466 e. The van der Waals surface area contributed by atoms with E-state index in [2.05, 4.69) is 10.3 Å². The van der Waals surface area contributed by atoms with E-state index in [1.807, 2.05) is 4.90 Å². The Morgan fingerprint density at radius 2 is 1.78 bits per heavy atom. The molecular weight excluding hydrogens is 556 g/mol. The normalized spacial score (nSPS) is 14.9. The zero-order chi connectivity index (χ0) is 26.0. The number of hydrogen-bond acceptors (Lipinski definition) is 5. The highest BCUT2D eigenvalue weighted by Crippen LogP contribution is 2.35. The SMILES string of the molecule is CCOC(=O)C1CCN(Cc2c(C(F)(F)F)nc3c(NC(=O)c4c(Cl)cccc4Cl)cccn23)CC1.Cl. The van der Waals surface area contributed by atoms with Crippen LogP contribution in [-0.4, -0.2) is 45.9 Å². The average molecular weight is 580 g/mol. The number of amides is 1. The van der Waals surface area contributed by atoms with Crippen molar-refractivity contribution in [2.24, 2.45) is 5.92 Å². The molecule has 13 heteroatoms. The van der Waals surface area contributed by atoms with Crippen molar-refractivity contribution in [1.82, 2.24) is 14.3 Å². The van der Waals surface area contributed by atoms with Crippen LogP contribution in [0.15, 0.2) is 36.5 Å². The molecule has 1 aliphatic heterocycles. The van der Waals surface area contributed by atoms with Crippen LogP contribution in [0.1, 0.15) is 41.5 Å². The molecule has 1 saturated heterocycles. The number of alkyl halides is 3. The van der Waals surface area contributed by atoms with Gasteiger partial charge in [-0.05, 0) is 57.1 Å². The second kappa shape index (κ2) is 11.9. The summed E-state index contributed by atoms with van der Waals surface area (Å²) in [6, 6.07) is 7.54. The number of pyridine rings is 1. The van der Waals surface area contributed by atoms with Gasteiger partial charge in [0.2, 0.25) is 0 Å². The van der Waals surface area contributed by atoms with Gasteiger partial charge in [-0.1, -0.05) is 29.3 Å². The van der Waals surface area contributed by atoms with E-state index in [0.717, 1.165) is 0 Å². The predicted molar refractivity (Wildman–Crippen MR) is 136 cm³/mol. The van der Waals surface area contributed by atoms with Crippen molar-refractivity contribution in [3.05, 3.63) is 63.5 Å². The number of ether oxygens (including phenoxy) is 1. The fourth-order valence-corrected chi connectivity index (χ4v) is 4.86. The molecule has 200 valence electrons. The minimum atomic E-state index is -4.71. The highest BCUT2D eigenvalue weighted by Gasteiger charge is 2.39.